The fraction of sp³-hybridized carbons (Fsp3) is 0.438. The Morgan fingerprint density at radius 1 is 1.43 bits per heavy atom. The minimum atomic E-state index is -0.444. The predicted octanol–water partition coefficient (Wildman–Crippen LogP) is 2.39. The molecule has 0 saturated carbocycles. The summed E-state index contributed by atoms with van der Waals surface area (Å²) in [5, 5.41) is 15.1. The topological polar surface area (TPSA) is 73.4 Å². The Morgan fingerprint density at radius 3 is 2.83 bits per heavy atom. The fourth-order valence-electron chi connectivity index (χ4n) is 3.05. The van der Waals surface area contributed by atoms with Gasteiger partial charge in [-0.05, 0) is 25.5 Å². The average Bonchev–Trinajstić information content (AvgIpc) is 2.94. The van der Waals surface area contributed by atoms with Crippen LogP contribution in [0.25, 0.3) is 0 Å². The first-order valence-electron chi connectivity index (χ1n) is 7.52. The van der Waals surface area contributed by atoms with Crippen molar-refractivity contribution in [3.8, 4) is 0 Å². The summed E-state index contributed by atoms with van der Waals surface area (Å²) in [7, 11) is 1.88. The number of nitrogens with zero attached hydrogens (tertiary/aromatic N) is 4. The van der Waals surface area contributed by atoms with Crippen LogP contribution in [0.3, 0.4) is 0 Å². The van der Waals surface area contributed by atoms with Gasteiger partial charge in [-0.1, -0.05) is 0 Å². The molecule has 0 amide bonds. The number of benzene rings is 1. The van der Waals surface area contributed by atoms with Crippen LogP contribution in [0.5, 0.6) is 0 Å². The molecule has 1 aromatic carbocycles. The van der Waals surface area contributed by atoms with Gasteiger partial charge in [0, 0.05) is 43.2 Å². The molecule has 0 N–H and O–H groups in total. The minimum Gasteiger partial charge on any atom is -0.367 e. The standard InChI is InChI=1S/C16H20N4O3/c1-12-8-14(20(21)22)4-5-15(12)19-6-7-23-16(2,11-19)13-9-17-18(3)10-13/h4-5,8-10H,6-7,11H2,1-3H3. The van der Waals surface area contributed by atoms with E-state index in [1.165, 1.54) is 0 Å². The highest BCUT2D eigenvalue weighted by Gasteiger charge is 2.35. The van der Waals surface area contributed by atoms with Gasteiger partial charge in [-0.25, -0.2) is 0 Å². The van der Waals surface area contributed by atoms with Gasteiger partial charge in [-0.15, -0.1) is 0 Å². The number of hydrogen-bond acceptors (Lipinski definition) is 5. The highest BCUT2D eigenvalue weighted by molar-refractivity contribution is 5.58. The van der Waals surface area contributed by atoms with Gasteiger partial charge in [0.05, 0.1) is 24.3 Å². The number of hydrogen-bond donors (Lipinski definition) is 0. The fourth-order valence-corrected chi connectivity index (χ4v) is 3.05. The van der Waals surface area contributed by atoms with E-state index in [1.807, 2.05) is 32.4 Å². The monoisotopic (exact) mass is 316 g/mol. The van der Waals surface area contributed by atoms with Gasteiger partial charge in [-0.2, -0.15) is 5.10 Å². The van der Waals surface area contributed by atoms with Gasteiger partial charge in [-0.3, -0.25) is 14.8 Å². The summed E-state index contributed by atoms with van der Waals surface area (Å²) < 4.78 is 7.78. The molecule has 1 aliphatic heterocycles. The molecular weight excluding hydrogens is 296 g/mol. The van der Waals surface area contributed by atoms with Crippen LogP contribution in [0.4, 0.5) is 11.4 Å². The number of rotatable bonds is 3. The van der Waals surface area contributed by atoms with E-state index in [1.54, 1.807) is 16.8 Å². The Kier molecular flexibility index (Phi) is 3.81. The molecule has 7 heteroatoms. The first-order valence-corrected chi connectivity index (χ1v) is 7.52. The molecule has 3 rings (SSSR count). The van der Waals surface area contributed by atoms with E-state index in [4.69, 9.17) is 4.74 Å². The van der Waals surface area contributed by atoms with Crippen molar-refractivity contribution in [2.75, 3.05) is 24.6 Å². The maximum Gasteiger partial charge on any atom is 0.269 e. The molecule has 0 spiro atoms. The molecule has 1 aliphatic rings. The average molecular weight is 316 g/mol. The Morgan fingerprint density at radius 2 is 2.22 bits per heavy atom. The molecule has 1 unspecified atom stereocenters. The van der Waals surface area contributed by atoms with Crippen LogP contribution in [0, 0.1) is 17.0 Å². The summed E-state index contributed by atoms with van der Waals surface area (Å²) >= 11 is 0. The Labute approximate surface area is 134 Å². The van der Waals surface area contributed by atoms with E-state index < -0.39 is 5.60 Å². The summed E-state index contributed by atoms with van der Waals surface area (Å²) in [6, 6.07) is 4.99. The highest BCUT2D eigenvalue weighted by Crippen LogP contribution is 2.33. The molecule has 1 atom stereocenters. The number of nitro benzene ring substituents is 1. The van der Waals surface area contributed by atoms with E-state index in [2.05, 4.69) is 16.9 Å². The lowest BCUT2D eigenvalue weighted by atomic mass is 9.96. The van der Waals surface area contributed by atoms with Crippen LogP contribution in [-0.2, 0) is 17.4 Å². The summed E-state index contributed by atoms with van der Waals surface area (Å²) in [6.07, 6.45) is 3.79. The summed E-state index contributed by atoms with van der Waals surface area (Å²) in [5.74, 6) is 0. The molecule has 2 heterocycles. The lowest BCUT2D eigenvalue weighted by molar-refractivity contribution is -0.384. The van der Waals surface area contributed by atoms with Gasteiger partial charge in [0.25, 0.3) is 5.69 Å². The summed E-state index contributed by atoms with van der Waals surface area (Å²) in [5.41, 5.74) is 2.61. The van der Waals surface area contributed by atoms with E-state index in [0.717, 1.165) is 23.4 Å². The molecular formula is C16H20N4O3. The largest absolute Gasteiger partial charge is 0.367 e. The number of non-ortho nitro benzene ring substituents is 1. The molecule has 1 fully saturated rings. The van der Waals surface area contributed by atoms with Crippen LogP contribution < -0.4 is 4.90 Å². The number of ether oxygens (including phenoxy) is 1. The van der Waals surface area contributed by atoms with Crippen LogP contribution >= 0.6 is 0 Å². The second-order valence-electron chi connectivity index (χ2n) is 6.13. The van der Waals surface area contributed by atoms with Gasteiger partial charge < -0.3 is 9.64 Å². The van der Waals surface area contributed by atoms with E-state index in [9.17, 15) is 10.1 Å². The van der Waals surface area contributed by atoms with E-state index in [-0.39, 0.29) is 10.6 Å². The third-order valence-electron chi connectivity index (χ3n) is 4.32. The Bertz CT molecular complexity index is 743. The van der Waals surface area contributed by atoms with E-state index >= 15 is 0 Å². The molecule has 7 nitrogen and oxygen atoms in total. The maximum atomic E-state index is 10.9. The molecule has 2 aromatic rings. The number of aromatic nitrogens is 2. The van der Waals surface area contributed by atoms with Crippen molar-refractivity contribution >= 4 is 11.4 Å². The third kappa shape index (κ3) is 2.92. The minimum absolute atomic E-state index is 0.120. The third-order valence-corrected chi connectivity index (χ3v) is 4.32. The zero-order chi connectivity index (χ0) is 16.6. The van der Waals surface area contributed by atoms with Gasteiger partial charge >= 0.3 is 0 Å². The Balaban J connectivity index is 1.88. The zero-order valence-electron chi connectivity index (χ0n) is 13.5. The first kappa shape index (κ1) is 15.5. The second kappa shape index (κ2) is 5.66. The molecule has 0 aliphatic carbocycles. The van der Waals surface area contributed by atoms with Crippen molar-refractivity contribution < 1.29 is 9.66 Å². The van der Waals surface area contributed by atoms with E-state index in [0.29, 0.717) is 13.2 Å². The normalized spacial score (nSPS) is 21.4. The maximum absolute atomic E-state index is 10.9. The smallest absolute Gasteiger partial charge is 0.269 e. The molecule has 23 heavy (non-hydrogen) atoms. The first-order chi connectivity index (χ1) is 10.9. The summed E-state index contributed by atoms with van der Waals surface area (Å²) in [4.78, 5) is 12.7. The van der Waals surface area contributed by atoms with Crippen molar-refractivity contribution in [1.29, 1.82) is 0 Å². The van der Waals surface area contributed by atoms with Gasteiger partial charge in [0.1, 0.15) is 5.60 Å². The summed E-state index contributed by atoms with van der Waals surface area (Å²) in [6.45, 7) is 5.99. The molecule has 0 bridgehead atoms. The van der Waals surface area contributed by atoms with Crippen molar-refractivity contribution in [2.24, 2.45) is 7.05 Å². The lowest BCUT2D eigenvalue weighted by Crippen LogP contribution is -2.48. The molecule has 0 radical (unpaired) electrons. The lowest BCUT2D eigenvalue weighted by Gasteiger charge is -2.41. The van der Waals surface area contributed by atoms with Crippen LogP contribution in [-0.4, -0.2) is 34.4 Å². The molecule has 122 valence electrons. The second-order valence-corrected chi connectivity index (χ2v) is 6.13. The Hall–Kier alpha value is -2.41. The van der Waals surface area contributed by atoms with Crippen LogP contribution in [0.2, 0.25) is 0 Å². The number of aryl methyl sites for hydroxylation is 2. The molecule has 1 aromatic heterocycles. The van der Waals surface area contributed by atoms with Gasteiger partial charge in [0.2, 0.25) is 0 Å². The van der Waals surface area contributed by atoms with Crippen molar-refractivity contribution in [2.45, 2.75) is 19.4 Å². The number of anilines is 1. The van der Waals surface area contributed by atoms with Crippen molar-refractivity contribution in [3.63, 3.8) is 0 Å². The predicted molar refractivity (Wildman–Crippen MR) is 86.6 cm³/mol. The van der Waals surface area contributed by atoms with Gasteiger partial charge in [0.15, 0.2) is 0 Å². The highest BCUT2D eigenvalue weighted by atomic mass is 16.6. The molecule has 1 saturated heterocycles. The quantitative estimate of drug-likeness (QED) is 0.642. The van der Waals surface area contributed by atoms with Crippen LogP contribution in [0.1, 0.15) is 18.1 Å². The SMILES string of the molecule is Cc1cc([N+](=O)[O-])ccc1N1CCOC(C)(c2cnn(C)c2)C1. The van der Waals surface area contributed by atoms with Crippen molar-refractivity contribution in [3.05, 3.63) is 51.8 Å². The van der Waals surface area contributed by atoms with Crippen LogP contribution in [0.15, 0.2) is 30.6 Å². The zero-order valence-corrected chi connectivity index (χ0v) is 13.5. The number of nitro groups is 1. The number of morpholine rings is 1. The van der Waals surface area contributed by atoms with Crippen molar-refractivity contribution in [1.82, 2.24) is 9.78 Å².